The van der Waals surface area contributed by atoms with Crippen molar-refractivity contribution in [3.63, 3.8) is 0 Å². The first kappa shape index (κ1) is 13.3. The first-order chi connectivity index (χ1) is 8.17. The molecule has 1 aromatic rings. The normalized spacial score (nSPS) is 12.1. The highest BCUT2D eigenvalue weighted by atomic mass is 16.5. The van der Waals surface area contributed by atoms with Gasteiger partial charge in [-0.2, -0.15) is 0 Å². The third-order valence-electron chi connectivity index (χ3n) is 2.15. The summed E-state index contributed by atoms with van der Waals surface area (Å²) in [4.78, 5) is 10.8. The Hall–Kier alpha value is -1.73. The lowest BCUT2D eigenvalue weighted by Gasteiger charge is -2.17. The molecule has 0 fully saturated rings. The number of anilines is 1. The van der Waals surface area contributed by atoms with Crippen molar-refractivity contribution in [1.29, 1.82) is 0 Å². The van der Waals surface area contributed by atoms with Crippen LogP contribution in [0.4, 0.5) is 5.82 Å². The Bertz CT molecular complexity index is 348. The maximum atomic E-state index is 10.8. The second kappa shape index (κ2) is 6.77. The summed E-state index contributed by atoms with van der Waals surface area (Å²) in [5.41, 5.74) is 10.7. The molecule has 17 heavy (non-hydrogen) atoms. The molecule has 5 N–H and O–H groups in total. The Balaban J connectivity index is 2.62. The van der Waals surface area contributed by atoms with Crippen molar-refractivity contribution in [1.82, 2.24) is 10.2 Å². The number of primary amides is 1. The summed E-state index contributed by atoms with van der Waals surface area (Å²) in [6.45, 7) is 1.07. The van der Waals surface area contributed by atoms with Gasteiger partial charge in [-0.25, -0.2) is 0 Å². The second-order valence-corrected chi connectivity index (χ2v) is 3.54. The van der Waals surface area contributed by atoms with E-state index in [1.807, 2.05) is 0 Å². The number of ether oxygens (including phenoxy) is 1. The topological polar surface area (TPSA) is 116 Å². The van der Waals surface area contributed by atoms with Crippen LogP contribution in [0.1, 0.15) is 16.9 Å². The molecule has 0 saturated carbocycles. The van der Waals surface area contributed by atoms with Crippen molar-refractivity contribution in [3.05, 3.63) is 17.8 Å². The first-order valence-corrected chi connectivity index (χ1v) is 5.26. The molecule has 7 nitrogen and oxygen atoms in total. The summed E-state index contributed by atoms with van der Waals surface area (Å²) in [6, 6.07) is 3.23. The van der Waals surface area contributed by atoms with Crippen LogP contribution in [-0.2, 0) is 4.74 Å². The van der Waals surface area contributed by atoms with Gasteiger partial charge in [0.2, 0.25) is 0 Å². The minimum atomic E-state index is -0.598. The molecule has 0 aliphatic heterocycles. The van der Waals surface area contributed by atoms with Crippen molar-refractivity contribution in [2.24, 2.45) is 11.5 Å². The quantitative estimate of drug-likeness (QED) is 0.582. The monoisotopic (exact) mass is 239 g/mol. The third-order valence-corrected chi connectivity index (χ3v) is 2.15. The third kappa shape index (κ3) is 4.33. The van der Waals surface area contributed by atoms with Crippen LogP contribution in [0.3, 0.4) is 0 Å². The molecule has 0 saturated heterocycles. The number of methoxy groups -OCH3 is 1. The summed E-state index contributed by atoms with van der Waals surface area (Å²) in [5, 5.41) is 10.7. The molecular formula is C10H17N5O2. The predicted molar refractivity (Wildman–Crippen MR) is 63.5 cm³/mol. The number of nitrogens with zero attached hydrogens (tertiary/aromatic N) is 2. The maximum Gasteiger partial charge on any atom is 0.269 e. The van der Waals surface area contributed by atoms with Gasteiger partial charge in [-0.05, 0) is 25.1 Å². The largest absolute Gasteiger partial charge is 0.383 e. The van der Waals surface area contributed by atoms with Gasteiger partial charge in [0.15, 0.2) is 5.69 Å². The standard InChI is InChI=1S/C10H17N5O2/c1-17-6-7(4-5-11)13-9-3-2-8(10(12)16)14-15-9/h2-3,7H,4-6,11H2,1H3,(H2,12,16)(H,13,15). The summed E-state index contributed by atoms with van der Waals surface area (Å²) in [5.74, 6) is -0.0371. The van der Waals surface area contributed by atoms with Gasteiger partial charge in [-0.3, -0.25) is 4.79 Å². The fraction of sp³-hybridized carbons (Fsp3) is 0.500. The average molecular weight is 239 g/mol. The van der Waals surface area contributed by atoms with Gasteiger partial charge >= 0.3 is 0 Å². The van der Waals surface area contributed by atoms with Gasteiger partial charge < -0.3 is 21.5 Å². The highest BCUT2D eigenvalue weighted by Gasteiger charge is 2.09. The van der Waals surface area contributed by atoms with Gasteiger partial charge in [-0.1, -0.05) is 0 Å². The zero-order chi connectivity index (χ0) is 12.7. The number of carbonyl (C=O) groups is 1. The number of hydrogen-bond donors (Lipinski definition) is 3. The van der Waals surface area contributed by atoms with E-state index in [2.05, 4.69) is 15.5 Å². The lowest BCUT2D eigenvalue weighted by molar-refractivity contribution is 0.0994. The van der Waals surface area contributed by atoms with E-state index in [1.54, 1.807) is 13.2 Å². The fourth-order valence-corrected chi connectivity index (χ4v) is 1.35. The highest BCUT2D eigenvalue weighted by molar-refractivity contribution is 5.90. The molecular weight excluding hydrogens is 222 g/mol. The van der Waals surface area contributed by atoms with E-state index in [0.717, 1.165) is 6.42 Å². The number of hydrogen-bond acceptors (Lipinski definition) is 6. The Morgan fingerprint density at radius 3 is 2.76 bits per heavy atom. The molecule has 1 rings (SSSR count). The summed E-state index contributed by atoms with van der Waals surface area (Å²) in [7, 11) is 1.62. The van der Waals surface area contributed by atoms with Gasteiger partial charge in [0.1, 0.15) is 5.82 Å². The molecule has 94 valence electrons. The fourth-order valence-electron chi connectivity index (χ4n) is 1.35. The number of aromatic nitrogens is 2. The number of amides is 1. The second-order valence-electron chi connectivity index (χ2n) is 3.54. The summed E-state index contributed by atoms with van der Waals surface area (Å²) in [6.07, 6.45) is 0.757. The molecule has 1 amide bonds. The Labute approximate surface area is 99.5 Å². The molecule has 0 aromatic carbocycles. The Kier molecular flexibility index (Phi) is 5.31. The summed E-state index contributed by atoms with van der Waals surface area (Å²) >= 11 is 0. The lowest BCUT2D eigenvalue weighted by atomic mass is 10.2. The predicted octanol–water partition coefficient (Wildman–Crippen LogP) is -0.649. The van der Waals surface area contributed by atoms with E-state index in [9.17, 15) is 4.79 Å². The highest BCUT2D eigenvalue weighted by Crippen LogP contribution is 2.05. The molecule has 7 heteroatoms. The van der Waals surface area contributed by atoms with E-state index in [4.69, 9.17) is 16.2 Å². The molecule has 1 unspecified atom stereocenters. The smallest absolute Gasteiger partial charge is 0.269 e. The Morgan fingerprint density at radius 2 is 2.29 bits per heavy atom. The van der Waals surface area contributed by atoms with Crippen molar-refractivity contribution >= 4 is 11.7 Å². The lowest BCUT2D eigenvalue weighted by Crippen LogP contribution is -2.28. The van der Waals surface area contributed by atoms with Gasteiger partial charge in [-0.15, -0.1) is 10.2 Å². The van der Waals surface area contributed by atoms with Crippen molar-refractivity contribution < 1.29 is 9.53 Å². The van der Waals surface area contributed by atoms with Crippen LogP contribution in [0.2, 0.25) is 0 Å². The van der Waals surface area contributed by atoms with Crippen LogP contribution in [0.5, 0.6) is 0 Å². The van der Waals surface area contributed by atoms with Gasteiger partial charge in [0.05, 0.1) is 12.6 Å². The first-order valence-electron chi connectivity index (χ1n) is 5.26. The molecule has 1 heterocycles. The maximum absolute atomic E-state index is 10.8. The van der Waals surface area contributed by atoms with Gasteiger partial charge in [0, 0.05) is 7.11 Å². The van der Waals surface area contributed by atoms with E-state index >= 15 is 0 Å². The molecule has 0 spiro atoms. The van der Waals surface area contributed by atoms with Crippen LogP contribution in [0.15, 0.2) is 12.1 Å². The van der Waals surface area contributed by atoms with Crippen LogP contribution in [-0.4, -0.2) is 42.4 Å². The Morgan fingerprint density at radius 1 is 1.53 bits per heavy atom. The zero-order valence-electron chi connectivity index (χ0n) is 9.72. The molecule has 0 aliphatic rings. The minimum absolute atomic E-state index is 0.0683. The number of nitrogens with two attached hydrogens (primary N) is 2. The van der Waals surface area contributed by atoms with Crippen LogP contribution >= 0.6 is 0 Å². The van der Waals surface area contributed by atoms with Crippen LogP contribution in [0.25, 0.3) is 0 Å². The number of carbonyl (C=O) groups excluding carboxylic acids is 1. The number of nitrogens with one attached hydrogen (secondary N) is 1. The summed E-state index contributed by atoms with van der Waals surface area (Å²) < 4.78 is 5.05. The van der Waals surface area contributed by atoms with Gasteiger partial charge in [0.25, 0.3) is 5.91 Å². The van der Waals surface area contributed by atoms with E-state index in [0.29, 0.717) is 19.0 Å². The molecule has 0 aliphatic carbocycles. The van der Waals surface area contributed by atoms with E-state index in [-0.39, 0.29) is 11.7 Å². The van der Waals surface area contributed by atoms with Crippen LogP contribution in [0, 0.1) is 0 Å². The zero-order valence-corrected chi connectivity index (χ0v) is 9.72. The molecule has 0 bridgehead atoms. The minimum Gasteiger partial charge on any atom is -0.383 e. The number of rotatable bonds is 7. The molecule has 1 aromatic heterocycles. The average Bonchev–Trinajstić information content (AvgIpc) is 2.30. The van der Waals surface area contributed by atoms with Crippen molar-refractivity contribution in [2.45, 2.75) is 12.5 Å². The molecule has 0 radical (unpaired) electrons. The SMILES string of the molecule is COCC(CCN)Nc1ccc(C(N)=O)nn1. The molecule has 1 atom stereocenters. The van der Waals surface area contributed by atoms with Crippen molar-refractivity contribution in [3.8, 4) is 0 Å². The van der Waals surface area contributed by atoms with E-state index in [1.165, 1.54) is 6.07 Å². The van der Waals surface area contributed by atoms with Crippen LogP contribution < -0.4 is 16.8 Å². The van der Waals surface area contributed by atoms with Crippen molar-refractivity contribution in [2.75, 3.05) is 25.6 Å². The van der Waals surface area contributed by atoms with E-state index < -0.39 is 5.91 Å².